The maximum absolute atomic E-state index is 15.0. The van der Waals surface area contributed by atoms with Crippen LogP contribution >= 0.6 is 0 Å². The Bertz CT molecular complexity index is 1830. The van der Waals surface area contributed by atoms with Crippen LogP contribution in [0.25, 0.3) is 11.1 Å². The number of benzene rings is 2. The van der Waals surface area contributed by atoms with Crippen molar-refractivity contribution < 1.29 is 39.9 Å². The summed E-state index contributed by atoms with van der Waals surface area (Å²) in [5, 5.41) is 3.17. The molecule has 2 aromatic carbocycles. The Labute approximate surface area is 258 Å². The summed E-state index contributed by atoms with van der Waals surface area (Å²) in [4.78, 5) is 18.1. The molecule has 0 bridgehead atoms. The summed E-state index contributed by atoms with van der Waals surface area (Å²) >= 11 is 0. The van der Waals surface area contributed by atoms with Crippen LogP contribution in [0.2, 0.25) is 0 Å². The molecule has 46 heavy (non-hydrogen) atoms. The lowest BCUT2D eigenvalue weighted by Gasteiger charge is -2.30. The van der Waals surface area contributed by atoms with Gasteiger partial charge in [0.1, 0.15) is 11.6 Å². The number of pyridine rings is 1. The van der Waals surface area contributed by atoms with Gasteiger partial charge in [0.15, 0.2) is 5.78 Å². The molecule has 1 aliphatic carbocycles. The zero-order chi connectivity index (χ0) is 33.0. The highest BCUT2D eigenvalue weighted by molar-refractivity contribution is 5.80. The van der Waals surface area contributed by atoms with Crippen molar-refractivity contribution >= 4 is 11.5 Å². The summed E-state index contributed by atoms with van der Waals surface area (Å²) in [6, 6.07) is 11.9. The van der Waals surface area contributed by atoms with Crippen molar-refractivity contribution in [2.75, 3.05) is 5.32 Å². The maximum Gasteiger partial charge on any atom is 0.288 e. The van der Waals surface area contributed by atoms with Crippen LogP contribution in [0.3, 0.4) is 0 Å². The molecule has 0 fully saturated rings. The van der Waals surface area contributed by atoms with Gasteiger partial charge in [-0.25, -0.2) is 26.3 Å². The molecule has 1 aliphatic heterocycles. The van der Waals surface area contributed by atoms with Crippen molar-refractivity contribution in [3.63, 3.8) is 0 Å². The third-order valence-electron chi connectivity index (χ3n) is 8.39. The number of ketones is 1. The molecule has 0 saturated carbocycles. The van der Waals surface area contributed by atoms with Gasteiger partial charge in [-0.15, -0.1) is 0 Å². The molecule has 4 nitrogen and oxygen atoms in total. The van der Waals surface area contributed by atoms with Gasteiger partial charge in [-0.1, -0.05) is 18.7 Å². The van der Waals surface area contributed by atoms with E-state index in [1.165, 1.54) is 6.20 Å². The molecule has 12 heteroatoms. The molecule has 1 N–H and O–H groups in total. The molecule has 1 atom stereocenters. The minimum absolute atomic E-state index is 0.103. The van der Waals surface area contributed by atoms with E-state index in [-0.39, 0.29) is 12.0 Å². The Balaban J connectivity index is 1.38. The summed E-state index contributed by atoms with van der Waals surface area (Å²) in [6.07, 6.45) is -4.05. The highest BCUT2D eigenvalue weighted by Gasteiger charge is 2.54. The quantitative estimate of drug-likeness (QED) is 0.185. The maximum atomic E-state index is 15.0. The topological polar surface area (TPSA) is 46.9 Å². The predicted molar refractivity (Wildman–Crippen MR) is 155 cm³/mol. The molecule has 2 aliphatic rings. The number of rotatable bonds is 9. The smallest absolute Gasteiger partial charge is 0.288 e. The third-order valence-corrected chi connectivity index (χ3v) is 8.39. The Morgan fingerprint density at radius 2 is 1.72 bits per heavy atom. The molecule has 4 aromatic rings. The van der Waals surface area contributed by atoms with Gasteiger partial charge in [-0.2, -0.15) is 8.78 Å². The van der Waals surface area contributed by atoms with Crippen LogP contribution in [0.15, 0.2) is 73.2 Å². The number of aromatic nitrogens is 2. The van der Waals surface area contributed by atoms with Crippen LogP contribution in [0.1, 0.15) is 65.2 Å². The summed E-state index contributed by atoms with van der Waals surface area (Å²) < 4.78 is 116. The molecule has 0 spiro atoms. The first kappa shape index (κ1) is 31.5. The fourth-order valence-electron chi connectivity index (χ4n) is 6.49. The van der Waals surface area contributed by atoms with Gasteiger partial charge in [0.25, 0.3) is 18.3 Å². The lowest BCUT2D eigenvalue weighted by atomic mass is 9.86. The molecular weight excluding hydrogens is 618 g/mol. The van der Waals surface area contributed by atoms with Gasteiger partial charge in [-0.3, -0.25) is 9.78 Å². The molecular formula is C34H27F8N3O. The number of hydrogen-bond donors (Lipinski definition) is 1. The van der Waals surface area contributed by atoms with Crippen LogP contribution in [0.5, 0.6) is 0 Å². The third kappa shape index (κ3) is 6.04. The van der Waals surface area contributed by atoms with E-state index >= 15 is 0 Å². The Morgan fingerprint density at radius 3 is 2.43 bits per heavy atom. The van der Waals surface area contributed by atoms with Crippen LogP contribution in [-0.4, -0.2) is 15.3 Å². The lowest BCUT2D eigenvalue weighted by Crippen LogP contribution is -2.33. The first-order chi connectivity index (χ1) is 21.7. The number of Topliss-reactive ketones (excluding diaryl/α,β-unsaturated/α-hetero) is 1. The molecule has 3 heterocycles. The highest BCUT2D eigenvalue weighted by atomic mass is 19.3. The summed E-state index contributed by atoms with van der Waals surface area (Å²) in [5.41, 5.74) is 0.522. The number of nitrogens with zero attached hydrogens (tertiary/aromatic N) is 2. The van der Waals surface area contributed by atoms with Crippen molar-refractivity contribution in [3.8, 4) is 11.1 Å². The number of halogens is 8. The summed E-state index contributed by atoms with van der Waals surface area (Å²) in [6.45, 7) is 3.05. The number of anilines is 1. The van der Waals surface area contributed by atoms with Crippen molar-refractivity contribution in [1.82, 2.24) is 9.55 Å². The first-order valence-electron chi connectivity index (χ1n) is 14.5. The normalized spacial score (nSPS) is 17.0. The van der Waals surface area contributed by atoms with Gasteiger partial charge in [0, 0.05) is 72.6 Å². The molecule has 0 radical (unpaired) electrons. The predicted octanol–water partition coefficient (Wildman–Crippen LogP) is 9.21. The molecule has 0 unspecified atom stereocenters. The molecule has 0 amide bonds. The van der Waals surface area contributed by atoms with Gasteiger partial charge < -0.3 is 9.88 Å². The van der Waals surface area contributed by atoms with Gasteiger partial charge >= 0.3 is 0 Å². The number of nitrogens with one attached hydrogen (secondary N) is 1. The zero-order valence-electron chi connectivity index (χ0n) is 24.2. The van der Waals surface area contributed by atoms with E-state index in [1.54, 1.807) is 12.1 Å². The number of carbonyl (C=O) groups excluding carboxylic acids is 1. The van der Waals surface area contributed by atoms with Crippen molar-refractivity contribution in [3.05, 3.63) is 118 Å². The monoisotopic (exact) mass is 645 g/mol. The second-order valence-corrected chi connectivity index (χ2v) is 11.8. The number of alkyl halides is 6. The average molecular weight is 646 g/mol. The van der Waals surface area contributed by atoms with Gasteiger partial charge in [-0.05, 0) is 53.4 Å². The Kier molecular flexibility index (Phi) is 8.02. The van der Waals surface area contributed by atoms with Gasteiger partial charge in [0.2, 0.25) is 0 Å². The van der Waals surface area contributed by atoms with Crippen molar-refractivity contribution in [2.24, 2.45) is 0 Å². The second kappa shape index (κ2) is 11.7. The van der Waals surface area contributed by atoms with E-state index in [0.29, 0.717) is 34.5 Å². The Morgan fingerprint density at radius 1 is 1.00 bits per heavy atom. The standard InChI is InChI=1S/C34H27F8N3O/c1-18-9-21-13-20(4-5-28(21)44-18)26-3-2-8-43-30(26)22(10-19-11-23(35)15-24(36)12-19)14-25(46)16-45-17-27(32(37)38)29-31(45)34(41,42)7-6-33(29,39)40/h2-5,8,11-13,15,17,22,32,44H,1,6-7,9-10,14,16H2/t22-/m1/s1. The van der Waals surface area contributed by atoms with Crippen molar-refractivity contribution in [1.29, 1.82) is 0 Å². The minimum atomic E-state index is -3.93. The van der Waals surface area contributed by atoms with E-state index < -0.39 is 84.2 Å². The molecule has 6 rings (SSSR count). The van der Waals surface area contributed by atoms with Gasteiger partial charge in [0.05, 0.1) is 23.5 Å². The van der Waals surface area contributed by atoms with Crippen molar-refractivity contribution in [2.45, 2.75) is 62.8 Å². The summed E-state index contributed by atoms with van der Waals surface area (Å²) in [7, 11) is 0. The average Bonchev–Trinajstić information content (AvgIpc) is 3.55. The Hall–Kier alpha value is -4.48. The SMILES string of the molecule is C=C1Cc2cc(-c3cccnc3[C@@H](CC(=O)Cn3cc(C(F)F)c4c3C(F)(F)CCC4(F)F)Cc3cc(F)cc(F)c3)ccc2N1. The number of carbonyl (C=O) groups is 1. The lowest BCUT2D eigenvalue weighted by molar-refractivity contribution is -0.121. The number of allylic oxidation sites excluding steroid dienone is 1. The molecule has 240 valence electrons. The van der Waals surface area contributed by atoms with E-state index in [9.17, 15) is 39.9 Å². The minimum Gasteiger partial charge on any atom is -0.359 e. The largest absolute Gasteiger partial charge is 0.359 e. The zero-order valence-corrected chi connectivity index (χ0v) is 24.2. The van der Waals surface area contributed by atoms with Crippen LogP contribution in [0, 0.1) is 11.6 Å². The molecule has 2 aromatic heterocycles. The van der Waals surface area contributed by atoms with Crippen LogP contribution < -0.4 is 5.32 Å². The summed E-state index contributed by atoms with van der Waals surface area (Å²) in [5.74, 6) is -11.1. The second-order valence-electron chi connectivity index (χ2n) is 11.8. The highest BCUT2D eigenvalue weighted by Crippen LogP contribution is 2.53. The fourth-order valence-corrected chi connectivity index (χ4v) is 6.49. The fraction of sp³-hybridized carbons (Fsp3) is 0.294. The number of hydrogen-bond acceptors (Lipinski definition) is 3. The van der Waals surface area contributed by atoms with E-state index in [1.807, 2.05) is 18.2 Å². The number of fused-ring (bicyclic) bond motifs is 2. The van der Waals surface area contributed by atoms with E-state index in [2.05, 4.69) is 16.9 Å². The van der Waals surface area contributed by atoms with E-state index in [0.717, 1.165) is 34.6 Å². The van der Waals surface area contributed by atoms with Crippen LogP contribution in [-0.2, 0) is 36.0 Å². The first-order valence-corrected chi connectivity index (χ1v) is 14.5. The van der Waals surface area contributed by atoms with E-state index in [4.69, 9.17) is 0 Å². The molecule has 0 saturated heterocycles. The van der Waals surface area contributed by atoms with Crippen LogP contribution in [0.4, 0.5) is 40.8 Å².